The molecule has 4 rings (SSSR count). The van der Waals surface area contributed by atoms with Gasteiger partial charge in [-0.15, -0.1) is 0 Å². The van der Waals surface area contributed by atoms with Crippen molar-refractivity contribution in [3.63, 3.8) is 0 Å². The van der Waals surface area contributed by atoms with E-state index < -0.39 is 0 Å². The molecule has 3 aliphatic rings. The van der Waals surface area contributed by atoms with Gasteiger partial charge in [0.1, 0.15) is 5.82 Å². The van der Waals surface area contributed by atoms with Gasteiger partial charge in [0.25, 0.3) is 0 Å². The second kappa shape index (κ2) is 4.85. The van der Waals surface area contributed by atoms with E-state index >= 15 is 0 Å². The second-order valence-corrected chi connectivity index (χ2v) is 7.14. The number of amides is 1. The highest BCUT2D eigenvalue weighted by atomic mass is 16.2. The molecule has 2 saturated carbocycles. The molecule has 0 bridgehead atoms. The molecule has 1 aliphatic heterocycles. The molecule has 1 aromatic heterocycles. The molecule has 4 nitrogen and oxygen atoms in total. The minimum absolute atomic E-state index is 0.375. The average Bonchev–Trinajstić information content (AvgIpc) is 3.09. The van der Waals surface area contributed by atoms with Crippen LogP contribution < -0.4 is 0 Å². The number of likely N-dealkylation sites (tertiary alicyclic amines) is 1. The number of hydrogen-bond acceptors (Lipinski definition) is 2. The van der Waals surface area contributed by atoms with Gasteiger partial charge in [0.05, 0.1) is 0 Å². The summed E-state index contributed by atoms with van der Waals surface area (Å²) in [6.45, 7) is 4.99. The molecule has 0 unspecified atom stereocenters. The number of imidazole rings is 1. The number of nitrogens with zero attached hydrogens (tertiary/aromatic N) is 3. The summed E-state index contributed by atoms with van der Waals surface area (Å²) in [5, 5.41) is 0. The number of aromatic nitrogens is 2. The van der Waals surface area contributed by atoms with Crippen LogP contribution in [0.3, 0.4) is 0 Å². The molecule has 0 N–H and O–H groups in total. The van der Waals surface area contributed by atoms with Gasteiger partial charge in [0.15, 0.2) is 0 Å². The van der Waals surface area contributed by atoms with Crippen molar-refractivity contribution in [2.75, 3.05) is 13.1 Å². The molecule has 21 heavy (non-hydrogen) atoms. The van der Waals surface area contributed by atoms with E-state index in [0.29, 0.717) is 23.2 Å². The van der Waals surface area contributed by atoms with Gasteiger partial charge >= 0.3 is 0 Å². The van der Waals surface area contributed by atoms with E-state index in [-0.39, 0.29) is 0 Å². The molecule has 2 aliphatic carbocycles. The molecule has 1 aromatic rings. The van der Waals surface area contributed by atoms with Crippen LogP contribution in [0.1, 0.15) is 57.2 Å². The minimum atomic E-state index is 0.375. The van der Waals surface area contributed by atoms with Crippen LogP contribution in [0, 0.1) is 11.3 Å². The fourth-order valence-corrected chi connectivity index (χ4v) is 4.41. The first kappa shape index (κ1) is 13.4. The Balaban J connectivity index is 1.35. The first-order valence-corrected chi connectivity index (χ1v) is 8.53. The van der Waals surface area contributed by atoms with E-state index in [1.807, 2.05) is 6.20 Å². The van der Waals surface area contributed by atoms with E-state index in [2.05, 4.69) is 27.6 Å². The Hall–Kier alpha value is -1.32. The summed E-state index contributed by atoms with van der Waals surface area (Å²) in [5.74, 6) is 2.57. The number of hydrogen-bond donors (Lipinski definition) is 0. The fourth-order valence-electron chi connectivity index (χ4n) is 4.41. The van der Waals surface area contributed by atoms with Crippen LogP contribution in [0.15, 0.2) is 12.4 Å². The van der Waals surface area contributed by atoms with Gasteiger partial charge in [-0.1, -0.05) is 6.42 Å². The number of carbonyl (C=O) groups is 1. The summed E-state index contributed by atoms with van der Waals surface area (Å²) in [6, 6.07) is 0. The second-order valence-electron chi connectivity index (χ2n) is 7.14. The molecule has 1 saturated heterocycles. The zero-order chi connectivity index (χ0) is 14.4. The largest absolute Gasteiger partial charge is 0.342 e. The van der Waals surface area contributed by atoms with Crippen molar-refractivity contribution in [2.45, 2.75) is 57.9 Å². The zero-order valence-corrected chi connectivity index (χ0v) is 12.9. The predicted octanol–water partition coefficient (Wildman–Crippen LogP) is 2.80. The van der Waals surface area contributed by atoms with E-state index in [1.165, 1.54) is 31.5 Å². The molecule has 1 amide bonds. The summed E-state index contributed by atoms with van der Waals surface area (Å²) >= 11 is 0. The first-order chi connectivity index (χ1) is 10.2. The summed E-state index contributed by atoms with van der Waals surface area (Å²) in [7, 11) is 0. The van der Waals surface area contributed by atoms with Crippen LogP contribution in [0.2, 0.25) is 0 Å². The first-order valence-electron chi connectivity index (χ1n) is 8.53. The highest BCUT2D eigenvalue weighted by molar-refractivity contribution is 5.83. The molecule has 0 aromatic carbocycles. The molecule has 3 fully saturated rings. The summed E-state index contributed by atoms with van der Waals surface area (Å²) < 4.78 is 2.24. The van der Waals surface area contributed by atoms with Gasteiger partial charge < -0.3 is 9.47 Å². The van der Waals surface area contributed by atoms with Crippen LogP contribution in [0.5, 0.6) is 0 Å². The van der Waals surface area contributed by atoms with Crippen molar-refractivity contribution in [1.29, 1.82) is 0 Å². The summed E-state index contributed by atoms with van der Waals surface area (Å²) in [5.41, 5.74) is 0.465. The smallest absolute Gasteiger partial charge is 0.226 e. The molecule has 0 radical (unpaired) electrons. The lowest BCUT2D eigenvalue weighted by Gasteiger charge is -2.34. The fraction of sp³-hybridized carbons (Fsp3) is 0.765. The molecule has 1 spiro atoms. The van der Waals surface area contributed by atoms with Gasteiger partial charge in [0, 0.05) is 43.9 Å². The summed E-state index contributed by atoms with van der Waals surface area (Å²) in [6.07, 6.45) is 11.2. The third-order valence-electron chi connectivity index (χ3n) is 6.10. The molecular weight excluding hydrogens is 262 g/mol. The van der Waals surface area contributed by atoms with Crippen LogP contribution in [-0.2, 0) is 11.3 Å². The predicted molar refractivity (Wildman–Crippen MR) is 80.8 cm³/mol. The highest BCUT2D eigenvalue weighted by Crippen LogP contribution is 2.66. The monoisotopic (exact) mass is 287 g/mol. The quantitative estimate of drug-likeness (QED) is 0.857. The van der Waals surface area contributed by atoms with Crippen molar-refractivity contribution in [1.82, 2.24) is 14.5 Å². The lowest BCUT2D eigenvalue weighted by Crippen LogP contribution is -2.40. The Bertz CT molecular complexity index is 538. The van der Waals surface area contributed by atoms with Crippen LogP contribution in [0.25, 0.3) is 0 Å². The molecule has 2 heterocycles. The van der Waals surface area contributed by atoms with Gasteiger partial charge in [-0.05, 0) is 44.4 Å². The normalized spacial score (nSPS) is 27.7. The number of carbonyl (C=O) groups excluding carboxylic acids is 1. The maximum atomic E-state index is 12.6. The third kappa shape index (κ3) is 2.11. The molecule has 114 valence electrons. The number of rotatable bonds is 3. The zero-order valence-electron chi connectivity index (χ0n) is 12.9. The minimum Gasteiger partial charge on any atom is -0.342 e. The standard InChI is InChI=1S/C17H25N3O/c1-2-19-11-8-18-15(19)13-4-9-20(10-5-13)16(21)14-12-17(14)6-3-7-17/h8,11,13-14H,2-7,9-10,12H2,1H3/t14-/m0/s1. The van der Waals surface area contributed by atoms with E-state index in [9.17, 15) is 4.79 Å². The Morgan fingerprint density at radius 1 is 1.38 bits per heavy atom. The van der Waals surface area contributed by atoms with E-state index in [0.717, 1.165) is 32.5 Å². The van der Waals surface area contributed by atoms with Crippen molar-refractivity contribution < 1.29 is 4.79 Å². The van der Waals surface area contributed by atoms with Crippen LogP contribution >= 0.6 is 0 Å². The van der Waals surface area contributed by atoms with Crippen molar-refractivity contribution >= 4 is 5.91 Å². The third-order valence-corrected chi connectivity index (χ3v) is 6.10. The van der Waals surface area contributed by atoms with Crippen LogP contribution in [0.4, 0.5) is 0 Å². The maximum Gasteiger partial charge on any atom is 0.226 e. The average molecular weight is 287 g/mol. The number of aryl methyl sites for hydroxylation is 1. The highest BCUT2D eigenvalue weighted by Gasteiger charge is 2.61. The lowest BCUT2D eigenvalue weighted by molar-refractivity contribution is -0.135. The van der Waals surface area contributed by atoms with Crippen molar-refractivity contribution in [3.05, 3.63) is 18.2 Å². The molecule has 4 heteroatoms. The van der Waals surface area contributed by atoms with E-state index in [1.54, 1.807) is 0 Å². The SMILES string of the molecule is CCn1ccnc1C1CCN(C(=O)[C@@H]2CC23CCC3)CC1. The molecular formula is C17H25N3O. The van der Waals surface area contributed by atoms with E-state index in [4.69, 9.17) is 0 Å². The Morgan fingerprint density at radius 2 is 2.14 bits per heavy atom. The Labute approximate surface area is 126 Å². The van der Waals surface area contributed by atoms with Gasteiger partial charge in [-0.3, -0.25) is 4.79 Å². The maximum absolute atomic E-state index is 12.6. The van der Waals surface area contributed by atoms with Crippen molar-refractivity contribution in [3.8, 4) is 0 Å². The van der Waals surface area contributed by atoms with Crippen LogP contribution in [-0.4, -0.2) is 33.4 Å². The molecule has 1 atom stereocenters. The summed E-state index contributed by atoms with van der Waals surface area (Å²) in [4.78, 5) is 19.3. The van der Waals surface area contributed by atoms with Crippen molar-refractivity contribution in [2.24, 2.45) is 11.3 Å². The van der Waals surface area contributed by atoms with Gasteiger partial charge in [-0.25, -0.2) is 4.98 Å². The van der Waals surface area contributed by atoms with Gasteiger partial charge in [0.2, 0.25) is 5.91 Å². The lowest BCUT2D eigenvalue weighted by atomic mass is 9.79. The Morgan fingerprint density at radius 3 is 2.71 bits per heavy atom. The topological polar surface area (TPSA) is 38.1 Å². The van der Waals surface area contributed by atoms with Gasteiger partial charge in [-0.2, -0.15) is 0 Å². The number of piperidine rings is 1. The Kier molecular flexibility index (Phi) is 3.09.